The first-order valence-corrected chi connectivity index (χ1v) is 5.40. The second-order valence-corrected chi connectivity index (χ2v) is 3.92. The first-order chi connectivity index (χ1) is 8.58. The van der Waals surface area contributed by atoms with E-state index in [1.165, 1.54) is 23.0 Å². The molecule has 0 aliphatic rings. The highest BCUT2D eigenvalue weighted by molar-refractivity contribution is 6.30. The molecule has 2 heterocycles. The Kier molecular flexibility index (Phi) is 3.38. The maximum absolute atomic E-state index is 11.6. The third kappa shape index (κ3) is 2.54. The van der Waals surface area contributed by atoms with Crippen LogP contribution in [0.4, 0.5) is 5.69 Å². The molecule has 0 unspecified atom stereocenters. The van der Waals surface area contributed by atoms with Crippen molar-refractivity contribution >= 4 is 17.3 Å². The van der Waals surface area contributed by atoms with Crippen molar-refractivity contribution in [3.05, 3.63) is 67.8 Å². The highest BCUT2D eigenvalue weighted by atomic mass is 35.5. The Bertz CT molecular complexity index is 654. The van der Waals surface area contributed by atoms with Crippen molar-refractivity contribution < 1.29 is 4.92 Å². The lowest BCUT2D eigenvalue weighted by Gasteiger charge is -2.06. The van der Waals surface area contributed by atoms with E-state index in [2.05, 4.69) is 4.98 Å². The second-order valence-electron chi connectivity index (χ2n) is 3.56. The fraction of sp³-hybridized carbons (Fsp3) is 0.0909. The SMILES string of the molecule is O=c1ccc([N+](=O)[O-])cn1Cc1cccnc1Cl. The lowest BCUT2D eigenvalue weighted by molar-refractivity contribution is -0.385. The van der Waals surface area contributed by atoms with Crippen molar-refractivity contribution in [3.8, 4) is 0 Å². The van der Waals surface area contributed by atoms with E-state index >= 15 is 0 Å². The van der Waals surface area contributed by atoms with Crippen LogP contribution in [-0.2, 0) is 6.54 Å². The number of nitro groups is 1. The van der Waals surface area contributed by atoms with Crippen molar-refractivity contribution in [2.45, 2.75) is 6.54 Å². The zero-order valence-electron chi connectivity index (χ0n) is 9.12. The van der Waals surface area contributed by atoms with E-state index in [4.69, 9.17) is 11.6 Å². The first kappa shape index (κ1) is 12.3. The monoisotopic (exact) mass is 265 g/mol. The molecule has 0 aliphatic heterocycles. The molecule has 6 nitrogen and oxygen atoms in total. The van der Waals surface area contributed by atoms with Gasteiger partial charge in [0.1, 0.15) is 5.15 Å². The summed E-state index contributed by atoms with van der Waals surface area (Å²) in [6.07, 6.45) is 2.72. The number of rotatable bonds is 3. The molecule has 0 saturated carbocycles. The average molecular weight is 266 g/mol. The van der Waals surface area contributed by atoms with Gasteiger partial charge in [-0.3, -0.25) is 14.9 Å². The van der Waals surface area contributed by atoms with E-state index in [9.17, 15) is 14.9 Å². The van der Waals surface area contributed by atoms with Crippen LogP contribution < -0.4 is 5.56 Å². The molecular formula is C11H8ClN3O3. The van der Waals surface area contributed by atoms with Crippen molar-refractivity contribution in [3.63, 3.8) is 0 Å². The molecule has 0 aromatic carbocycles. The van der Waals surface area contributed by atoms with Crippen molar-refractivity contribution in [2.24, 2.45) is 0 Å². The topological polar surface area (TPSA) is 78.0 Å². The van der Waals surface area contributed by atoms with Gasteiger partial charge in [0.25, 0.3) is 11.2 Å². The summed E-state index contributed by atoms with van der Waals surface area (Å²) in [5.41, 5.74) is 0.150. The van der Waals surface area contributed by atoms with Crippen molar-refractivity contribution in [2.75, 3.05) is 0 Å². The molecule has 0 N–H and O–H groups in total. The minimum absolute atomic E-state index is 0.144. The fourth-order valence-electron chi connectivity index (χ4n) is 1.47. The Morgan fingerprint density at radius 3 is 2.83 bits per heavy atom. The van der Waals surface area contributed by atoms with Gasteiger partial charge >= 0.3 is 0 Å². The molecule has 7 heteroatoms. The van der Waals surface area contributed by atoms with Crippen molar-refractivity contribution in [1.82, 2.24) is 9.55 Å². The maximum atomic E-state index is 11.6. The Labute approximate surface area is 107 Å². The number of halogens is 1. The molecule has 2 rings (SSSR count). The van der Waals surface area contributed by atoms with Crippen LogP contribution in [0.2, 0.25) is 5.15 Å². The van der Waals surface area contributed by atoms with Gasteiger partial charge < -0.3 is 4.57 Å². The quantitative estimate of drug-likeness (QED) is 0.482. The van der Waals surface area contributed by atoms with E-state index in [-0.39, 0.29) is 22.9 Å². The molecule has 18 heavy (non-hydrogen) atoms. The van der Waals surface area contributed by atoms with Crippen LogP contribution in [-0.4, -0.2) is 14.5 Å². The minimum atomic E-state index is -0.555. The summed E-state index contributed by atoms with van der Waals surface area (Å²) in [4.78, 5) is 25.5. The summed E-state index contributed by atoms with van der Waals surface area (Å²) in [5, 5.41) is 10.9. The Balaban J connectivity index is 2.40. The van der Waals surface area contributed by atoms with Gasteiger partial charge in [-0.2, -0.15) is 0 Å². The molecule has 0 radical (unpaired) electrons. The standard InChI is InChI=1S/C11H8ClN3O3/c12-11-8(2-1-5-13-11)6-14-7-9(15(17)18)3-4-10(14)16/h1-5,7H,6H2. The molecule has 0 amide bonds. The highest BCUT2D eigenvalue weighted by Crippen LogP contribution is 2.13. The lowest BCUT2D eigenvalue weighted by atomic mass is 10.3. The van der Waals surface area contributed by atoms with Crippen LogP contribution in [0.25, 0.3) is 0 Å². The first-order valence-electron chi connectivity index (χ1n) is 5.02. The van der Waals surface area contributed by atoms with Crippen LogP contribution in [0.1, 0.15) is 5.56 Å². The summed E-state index contributed by atoms with van der Waals surface area (Å²) in [6.45, 7) is 0.146. The smallest absolute Gasteiger partial charge is 0.285 e. The molecule has 2 aromatic rings. The molecule has 0 spiro atoms. The zero-order chi connectivity index (χ0) is 13.1. The molecule has 2 aromatic heterocycles. The molecule has 0 saturated heterocycles. The number of aromatic nitrogens is 2. The van der Waals surface area contributed by atoms with Gasteiger partial charge in [-0.25, -0.2) is 4.98 Å². The predicted molar refractivity (Wildman–Crippen MR) is 65.7 cm³/mol. The Morgan fingerprint density at radius 1 is 1.39 bits per heavy atom. The van der Waals surface area contributed by atoms with Crippen LogP contribution in [0.15, 0.2) is 41.5 Å². The normalized spacial score (nSPS) is 10.3. The summed E-state index contributed by atoms with van der Waals surface area (Å²) in [6, 6.07) is 5.72. The van der Waals surface area contributed by atoms with Gasteiger partial charge in [0, 0.05) is 23.9 Å². The van der Waals surface area contributed by atoms with E-state index in [1.54, 1.807) is 12.1 Å². The van der Waals surface area contributed by atoms with Gasteiger partial charge in [-0.05, 0) is 6.07 Å². The van der Waals surface area contributed by atoms with Gasteiger partial charge in [0.05, 0.1) is 17.7 Å². The third-order valence-corrected chi connectivity index (χ3v) is 2.70. The summed E-state index contributed by atoms with van der Waals surface area (Å²) < 4.78 is 1.22. The Morgan fingerprint density at radius 2 is 2.17 bits per heavy atom. The minimum Gasteiger partial charge on any atom is -0.304 e. The van der Waals surface area contributed by atoms with Crippen LogP contribution in [0.5, 0.6) is 0 Å². The van der Waals surface area contributed by atoms with Crippen molar-refractivity contribution in [1.29, 1.82) is 0 Å². The average Bonchev–Trinajstić information content (AvgIpc) is 2.34. The predicted octanol–water partition coefficient (Wildman–Crippen LogP) is 1.85. The Hall–Kier alpha value is -2.21. The number of hydrogen-bond acceptors (Lipinski definition) is 4. The number of nitrogens with zero attached hydrogens (tertiary/aromatic N) is 3. The molecule has 0 atom stereocenters. The third-order valence-electron chi connectivity index (χ3n) is 2.36. The molecule has 0 bridgehead atoms. The molecule has 92 valence electrons. The fourth-order valence-corrected chi connectivity index (χ4v) is 1.65. The zero-order valence-corrected chi connectivity index (χ0v) is 9.87. The van der Waals surface area contributed by atoms with Gasteiger partial charge in [0.2, 0.25) is 0 Å². The maximum Gasteiger partial charge on any atom is 0.285 e. The van der Waals surface area contributed by atoms with E-state index in [0.717, 1.165) is 6.07 Å². The highest BCUT2D eigenvalue weighted by Gasteiger charge is 2.09. The largest absolute Gasteiger partial charge is 0.304 e. The summed E-state index contributed by atoms with van der Waals surface area (Å²) in [5.74, 6) is 0. The number of pyridine rings is 2. The summed E-state index contributed by atoms with van der Waals surface area (Å²) in [7, 11) is 0. The number of hydrogen-bond donors (Lipinski definition) is 0. The second kappa shape index (κ2) is 4.97. The lowest BCUT2D eigenvalue weighted by Crippen LogP contribution is -2.19. The van der Waals surface area contributed by atoms with E-state index in [0.29, 0.717) is 5.56 Å². The van der Waals surface area contributed by atoms with Gasteiger partial charge in [-0.1, -0.05) is 17.7 Å². The van der Waals surface area contributed by atoms with Gasteiger partial charge in [0.15, 0.2) is 0 Å². The summed E-state index contributed by atoms with van der Waals surface area (Å²) >= 11 is 5.87. The van der Waals surface area contributed by atoms with Crippen LogP contribution >= 0.6 is 11.6 Å². The van der Waals surface area contributed by atoms with Crippen LogP contribution in [0, 0.1) is 10.1 Å². The molecule has 0 aliphatic carbocycles. The van der Waals surface area contributed by atoms with E-state index < -0.39 is 4.92 Å². The van der Waals surface area contributed by atoms with Gasteiger partial charge in [-0.15, -0.1) is 0 Å². The van der Waals surface area contributed by atoms with E-state index in [1.807, 2.05) is 0 Å². The molecular weight excluding hydrogens is 258 g/mol. The van der Waals surface area contributed by atoms with Crippen LogP contribution in [0.3, 0.4) is 0 Å². The molecule has 0 fully saturated rings.